The highest BCUT2D eigenvalue weighted by molar-refractivity contribution is 5.91. The molecule has 0 aliphatic carbocycles. The molecule has 0 bridgehead atoms. The van der Waals surface area contributed by atoms with Crippen LogP contribution in [0.25, 0.3) is 0 Å². The van der Waals surface area contributed by atoms with Gasteiger partial charge in [0, 0.05) is 12.6 Å². The van der Waals surface area contributed by atoms with E-state index in [4.69, 9.17) is 4.74 Å². The molecule has 0 radical (unpaired) electrons. The fourth-order valence-corrected chi connectivity index (χ4v) is 1.91. The maximum atomic E-state index is 11.7. The van der Waals surface area contributed by atoms with Crippen molar-refractivity contribution in [2.75, 3.05) is 12.4 Å². The summed E-state index contributed by atoms with van der Waals surface area (Å²) in [5, 5.41) is 6.91. The fraction of sp³-hybridized carbons (Fsp3) is 0.267. The van der Waals surface area contributed by atoms with E-state index in [2.05, 4.69) is 10.4 Å². The molecule has 0 aliphatic heterocycles. The third-order valence-electron chi connectivity index (χ3n) is 2.99. The molecule has 0 unspecified atom stereocenters. The molecule has 0 fully saturated rings. The molecule has 1 amide bonds. The first-order valence-electron chi connectivity index (χ1n) is 6.62. The van der Waals surface area contributed by atoms with Crippen molar-refractivity contribution in [1.29, 1.82) is 0 Å². The topological polar surface area (TPSA) is 73.2 Å². The van der Waals surface area contributed by atoms with Crippen LogP contribution < -0.4 is 5.32 Å². The molecule has 1 N–H and O–H groups in total. The van der Waals surface area contributed by atoms with Crippen molar-refractivity contribution in [3.63, 3.8) is 0 Å². The lowest BCUT2D eigenvalue weighted by atomic mass is 10.1. The van der Waals surface area contributed by atoms with E-state index in [1.807, 2.05) is 12.1 Å². The van der Waals surface area contributed by atoms with E-state index in [0.717, 1.165) is 5.56 Å². The first-order chi connectivity index (χ1) is 10.1. The van der Waals surface area contributed by atoms with Gasteiger partial charge < -0.3 is 10.1 Å². The highest BCUT2D eigenvalue weighted by Gasteiger charge is 2.11. The minimum Gasteiger partial charge on any atom is -0.465 e. The predicted molar refractivity (Wildman–Crippen MR) is 78.0 cm³/mol. The molecular weight excluding hydrogens is 270 g/mol. The highest BCUT2D eigenvalue weighted by atomic mass is 16.5. The molecule has 6 nitrogen and oxygen atoms in total. The largest absolute Gasteiger partial charge is 0.465 e. The summed E-state index contributed by atoms with van der Waals surface area (Å²) in [4.78, 5) is 23.0. The molecule has 6 heteroatoms. The SMILES string of the molecule is CCC(=O)Nc1cnn(Cc2ccccc2C(=O)OC)c1. The van der Waals surface area contributed by atoms with Crippen molar-refractivity contribution in [1.82, 2.24) is 9.78 Å². The second-order valence-electron chi connectivity index (χ2n) is 4.48. The molecule has 110 valence electrons. The van der Waals surface area contributed by atoms with Gasteiger partial charge in [0.05, 0.1) is 31.1 Å². The number of nitrogens with zero attached hydrogens (tertiary/aromatic N) is 2. The van der Waals surface area contributed by atoms with Gasteiger partial charge in [-0.1, -0.05) is 25.1 Å². The lowest BCUT2D eigenvalue weighted by Gasteiger charge is -2.07. The maximum Gasteiger partial charge on any atom is 0.338 e. The van der Waals surface area contributed by atoms with Crippen molar-refractivity contribution in [2.45, 2.75) is 19.9 Å². The van der Waals surface area contributed by atoms with Crippen LogP contribution in [-0.4, -0.2) is 28.8 Å². The summed E-state index contributed by atoms with van der Waals surface area (Å²) in [6.07, 6.45) is 3.71. The van der Waals surface area contributed by atoms with Gasteiger partial charge in [-0.3, -0.25) is 9.48 Å². The Morgan fingerprint density at radius 2 is 2.10 bits per heavy atom. The number of ether oxygens (including phenoxy) is 1. The van der Waals surface area contributed by atoms with Gasteiger partial charge in [-0.15, -0.1) is 0 Å². The minimum absolute atomic E-state index is 0.0653. The van der Waals surface area contributed by atoms with E-state index < -0.39 is 0 Å². The Balaban J connectivity index is 2.15. The van der Waals surface area contributed by atoms with Crippen LogP contribution in [0.5, 0.6) is 0 Å². The van der Waals surface area contributed by atoms with Crippen LogP contribution in [0.4, 0.5) is 5.69 Å². The molecule has 1 aromatic carbocycles. The van der Waals surface area contributed by atoms with Crippen LogP contribution in [0.15, 0.2) is 36.7 Å². The first kappa shape index (κ1) is 14.8. The standard InChI is InChI=1S/C15H17N3O3/c1-3-14(19)17-12-8-16-18(10-12)9-11-6-4-5-7-13(11)15(20)21-2/h4-8,10H,3,9H2,1-2H3,(H,17,19). The van der Waals surface area contributed by atoms with Gasteiger partial charge in [-0.25, -0.2) is 4.79 Å². The van der Waals surface area contributed by atoms with Crippen molar-refractivity contribution in [2.24, 2.45) is 0 Å². The van der Waals surface area contributed by atoms with E-state index in [1.165, 1.54) is 7.11 Å². The lowest BCUT2D eigenvalue weighted by molar-refractivity contribution is -0.115. The van der Waals surface area contributed by atoms with Crippen LogP contribution in [-0.2, 0) is 16.1 Å². The number of rotatable bonds is 5. The van der Waals surface area contributed by atoms with Crippen molar-refractivity contribution in [3.05, 3.63) is 47.8 Å². The van der Waals surface area contributed by atoms with Gasteiger partial charge in [0.15, 0.2) is 0 Å². The Labute approximate surface area is 122 Å². The van der Waals surface area contributed by atoms with Gasteiger partial charge in [-0.2, -0.15) is 5.10 Å². The van der Waals surface area contributed by atoms with Gasteiger partial charge in [-0.05, 0) is 11.6 Å². The van der Waals surface area contributed by atoms with E-state index in [0.29, 0.717) is 24.2 Å². The van der Waals surface area contributed by atoms with E-state index >= 15 is 0 Å². The average molecular weight is 287 g/mol. The average Bonchev–Trinajstić information content (AvgIpc) is 2.94. The minimum atomic E-state index is -0.378. The molecule has 0 aliphatic rings. The van der Waals surface area contributed by atoms with Crippen molar-refractivity contribution in [3.8, 4) is 0 Å². The van der Waals surface area contributed by atoms with Crippen LogP contribution in [0.1, 0.15) is 29.3 Å². The van der Waals surface area contributed by atoms with Gasteiger partial charge >= 0.3 is 5.97 Å². The van der Waals surface area contributed by atoms with E-state index in [1.54, 1.807) is 36.1 Å². The maximum absolute atomic E-state index is 11.7. The number of carbonyl (C=O) groups excluding carboxylic acids is 2. The number of esters is 1. The summed E-state index contributed by atoms with van der Waals surface area (Å²) in [5.74, 6) is -0.443. The Kier molecular flexibility index (Phi) is 4.71. The summed E-state index contributed by atoms with van der Waals surface area (Å²) in [6.45, 7) is 2.21. The summed E-state index contributed by atoms with van der Waals surface area (Å²) < 4.78 is 6.42. The zero-order chi connectivity index (χ0) is 15.2. The number of nitrogens with one attached hydrogen (secondary N) is 1. The van der Waals surface area contributed by atoms with Gasteiger partial charge in [0.2, 0.25) is 5.91 Å². The number of hydrogen-bond donors (Lipinski definition) is 1. The molecule has 0 spiro atoms. The summed E-state index contributed by atoms with van der Waals surface area (Å²) in [7, 11) is 1.35. The van der Waals surface area contributed by atoms with Crippen LogP contribution in [0.2, 0.25) is 0 Å². The molecule has 2 aromatic rings. The summed E-state index contributed by atoms with van der Waals surface area (Å²) in [5.41, 5.74) is 1.95. The van der Waals surface area contributed by atoms with Crippen molar-refractivity contribution >= 4 is 17.6 Å². The number of methoxy groups -OCH3 is 1. The fourth-order valence-electron chi connectivity index (χ4n) is 1.91. The molecule has 0 saturated carbocycles. The number of carbonyl (C=O) groups is 2. The van der Waals surface area contributed by atoms with Gasteiger partial charge in [0.25, 0.3) is 0 Å². The summed E-state index contributed by atoms with van der Waals surface area (Å²) >= 11 is 0. The first-order valence-corrected chi connectivity index (χ1v) is 6.62. The van der Waals surface area contributed by atoms with E-state index in [-0.39, 0.29) is 11.9 Å². The molecule has 1 heterocycles. The smallest absolute Gasteiger partial charge is 0.338 e. The molecule has 0 atom stereocenters. The predicted octanol–water partition coefficient (Wildman–Crippen LogP) is 2.07. The number of anilines is 1. The Morgan fingerprint density at radius 1 is 1.33 bits per heavy atom. The van der Waals surface area contributed by atoms with Crippen LogP contribution in [0, 0.1) is 0 Å². The van der Waals surface area contributed by atoms with Crippen LogP contribution >= 0.6 is 0 Å². The third-order valence-corrected chi connectivity index (χ3v) is 2.99. The highest BCUT2D eigenvalue weighted by Crippen LogP contribution is 2.13. The Morgan fingerprint density at radius 3 is 2.81 bits per heavy atom. The Hall–Kier alpha value is -2.63. The van der Waals surface area contributed by atoms with E-state index in [9.17, 15) is 9.59 Å². The van der Waals surface area contributed by atoms with Crippen molar-refractivity contribution < 1.29 is 14.3 Å². The number of amides is 1. The zero-order valence-electron chi connectivity index (χ0n) is 12.0. The number of benzene rings is 1. The molecule has 21 heavy (non-hydrogen) atoms. The molecule has 0 saturated heterocycles. The second-order valence-corrected chi connectivity index (χ2v) is 4.48. The van der Waals surface area contributed by atoms with Gasteiger partial charge in [0.1, 0.15) is 0 Å². The monoisotopic (exact) mass is 287 g/mol. The number of hydrogen-bond acceptors (Lipinski definition) is 4. The quantitative estimate of drug-likeness (QED) is 0.854. The molecule has 2 rings (SSSR count). The molecule has 1 aromatic heterocycles. The van der Waals surface area contributed by atoms with Crippen LogP contribution in [0.3, 0.4) is 0 Å². The lowest BCUT2D eigenvalue weighted by Crippen LogP contribution is -2.10. The zero-order valence-corrected chi connectivity index (χ0v) is 12.0. The number of aromatic nitrogens is 2. The second kappa shape index (κ2) is 6.69. The normalized spacial score (nSPS) is 10.2. The Bertz CT molecular complexity index is 649. The summed E-state index contributed by atoms with van der Waals surface area (Å²) in [6, 6.07) is 7.19. The third kappa shape index (κ3) is 3.68. The molecular formula is C15H17N3O3.